The third kappa shape index (κ3) is 2.58. The van der Waals surface area contributed by atoms with Gasteiger partial charge in [0.15, 0.2) is 0 Å². The molecular formula is C26H24N2O4. The minimum Gasteiger partial charge on any atom is -0.493 e. The Kier molecular flexibility index (Phi) is 3.88. The first-order valence-electron chi connectivity index (χ1n) is 10.9. The predicted octanol–water partition coefficient (Wildman–Crippen LogP) is 4.91. The van der Waals surface area contributed by atoms with Crippen molar-refractivity contribution in [1.82, 2.24) is 9.78 Å². The lowest BCUT2D eigenvalue weighted by Gasteiger charge is -2.46. The van der Waals surface area contributed by atoms with E-state index in [-0.39, 0.29) is 17.5 Å². The second-order valence-electron chi connectivity index (χ2n) is 9.25. The molecule has 162 valence electrons. The minimum atomic E-state index is -0.513. The highest BCUT2D eigenvalue weighted by Crippen LogP contribution is 2.55. The summed E-state index contributed by atoms with van der Waals surface area (Å²) in [6.07, 6.45) is 0. The fourth-order valence-electron chi connectivity index (χ4n) is 5.27. The lowest BCUT2D eigenvalue weighted by Crippen LogP contribution is -2.49. The third-order valence-electron chi connectivity index (χ3n) is 6.88. The quantitative estimate of drug-likeness (QED) is 0.403. The van der Waals surface area contributed by atoms with Crippen LogP contribution >= 0.6 is 0 Å². The molecule has 2 aromatic carbocycles. The highest BCUT2D eigenvalue weighted by atomic mass is 16.5. The van der Waals surface area contributed by atoms with Crippen LogP contribution in [0.2, 0.25) is 0 Å². The molecule has 6 heteroatoms. The van der Waals surface area contributed by atoms with Gasteiger partial charge in [0.05, 0.1) is 18.0 Å². The van der Waals surface area contributed by atoms with Gasteiger partial charge in [-0.3, -0.25) is 0 Å². The van der Waals surface area contributed by atoms with Gasteiger partial charge in [0, 0.05) is 34.4 Å². The summed E-state index contributed by atoms with van der Waals surface area (Å²) in [4.78, 5) is 12.3. The fraction of sp³-hybridized carbons (Fsp3) is 0.308. The van der Waals surface area contributed by atoms with Crippen molar-refractivity contribution in [1.29, 1.82) is 0 Å². The molecule has 2 aromatic heterocycles. The van der Waals surface area contributed by atoms with Crippen molar-refractivity contribution in [2.24, 2.45) is 5.92 Å². The van der Waals surface area contributed by atoms with Crippen LogP contribution in [-0.2, 0) is 0 Å². The SMILES string of the molecule is Cc1nn(-c2ccccc2)c2c1[C@@H]1c3c(ccc4c(C)cc(=O)oc34)OC[C@@H]1C(C)(C)O2. The molecule has 0 fully saturated rings. The van der Waals surface area contributed by atoms with Gasteiger partial charge >= 0.3 is 5.63 Å². The van der Waals surface area contributed by atoms with Crippen molar-refractivity contribution in [3.8, 4) is 17.3 Å². The molecule has 2 aliphatic heterocycles. The molecule has 0 aliphatic carbocycles. The third-order valence-corrected chi connectivity index (χ3v) is 6.88. The first-order chi connectivity index (χ1) is 15.3. The van der Waals surface area contributed by atoms with Gasteiger partial charge in [0.25, 0.3) is 0 Å². The summed E-state index contributed by atoms with van der Waals surface area (Å²) >= 11 is 0. The molecule has 0 bridgehead atoms. The van der Waals surface area contributed by atoms with Gasteiger partial charge in [-0.25, -0.2) is 9.48 Å². The summed E-state index contributed by atoms with van der Waals surface area (Å²) in [6.45, 7) is 8.64. The van der Waals surface area contributed by atoms with Gasteiger partial charge < -0.3 is 13.9 Å². The van der Waals surface area contributed by atoms with E-state index in [0.29, 0.717) is 12.2 Å². The molecular weight excluding hydrogens is 404 g/mol. The molecule has 4 aromatic rings. The topological polar surface area (TPSA) is 66.5 Å². The van der Waals surface area contributed by atoms with E-state index >= 15 is 0 Å². The number of rotatable bonds is 1. The number of aryl methyl sites for hydroxylation is 2. The van der Waals surface area contributed by atoms with Crippen molar-refractivity contribution in [2.75, 3.05) is 6.61 Å². The molecule has 6 rings (SSSR count). The van der Waals surface area contributed by atoms with Crippen molar-refractivity contribution in [3.63, 3.8) is 0 Å². The smallest absolute Gasteiger partial charge is 0.336 e. The number of ether oxygens (including phenoxy) is 2. The molecule has 0 N–H and O–H groups in total. The number of hydrogen-bond acceptors (Lipinski definition) is 5. The van der Waals surface area contributed by atoms with Crippen LogP contribution < -0.4 is 15.1 Å². The highest BCUT2D eigenvalue weighted by Gasteiger charge is 2.51. The predicted molar refractivity (Wildman–Crippen MR) is 121 cm³/mol. The standard InChI is InChI=1S/C26H24N2O4/c1-14-12-20(29)31-24-17(14)10-11-19-23(24)22-18(13-30-19)26(3,4)32-25-21(22)15(2)27-28(25)16-8-6-5-7-9-16/h5-12,18,22H,13H2,1-4H3/t18-,22+/m0/s1. The maximum absolute atomic E-state index is 12.3. The zero-order valence-electron chi connectivity index (χ0n) is 18.5. The van der Waals surface area contributed by atoms with Gasteiger partial charge in [-0.05, 0) is 57.5 Å². The molecule has 0 spiro atoms. The molecule has 0 saturated carbocycles. The molecule has 4 heterocycles. The Morgan fingerprint density at radius 1 is 1.06 bits per heavy atom. The summed E-state index contributed by atoms with van der Waals surface area (Å²) < 4.78 is 20.5. The highest BCUT2D eigenvalue weighted by molar-refractivity contribution is 5.86. The van der Waals surface area contributed by atoms with Crippen molar-refractivity contribution in [2.45, 2.75) is 39.2 Å². The van der Waals surface area contributed by atoms with E-state index in [2.05, 4.69) is 13.8 Å². The van der Waals surface area contributed by atoms with Gasteiger partial charge in [0.2, 0.25) is 5.88 Å². The largest absolute Gasteiger partial charge is 0.493 e. The van der Waals surface area contributed by atoms with Gasteiger partial charge in [0.1, 0.15) is 16.9 Å². The van der Waals surface area contributed by atoms with Crippen LogP contribution in [0.1, 0.15) is 42.1 Å². The summed E-state index contributed by atoms with van der Waals surface area (Å²) in [5.41, 5.74) is 4.40. The van der Waals surface area contributed by atoms with E-state index in [9.17, 15) is 4.79 Å². The summed E-state index contributed by atoms with van der Waals surface area (Å²) in [6, 6.07) is 15.5. The van der Waals surface area contributed by atoms with E-state index in [1.165, 1.54) is 6.07 Å². The molecule has 0 saturated heterocycles. The Morgan fingerprint density at radius 2 is 1.84 bits per heavy atom. The lowest BCUT2D eigenvalue weighted by atomic mass is 9.70. The number of benzene rings is 2. The molecule has 2 aliphatic rings. The molecule has 6 nitrogen and oxygen atoms in total. The maximum atomic E-state index is 12.3. The average molecular weight is 428 g/mol. The molecule has 0 radical (unpaired) electrons. The van der Waals surface area contributed by atoms with E-state index < -0.39 is 5.60 Å². The molecule has 32 heavy (non-hydrogen) atoms. The Labute approximate surface area is 185 Å². The van der Waals surface area contributed by atoms with Crippen LogP contribution in [0.25, 0.3) is 16.7 Å². The maximum Gasteiger partial charge on any atom is 0.336 e. The van der Waals surface area contributed by atoms with E-state index in [4.69, 9.17) is 19.0 Å². The van der Waals surface area contributed by atoms with Crippen molar-refractivity contribution >= 4 is 11.0 Å². The van der Waals surface area contributed by atoms with Crippen LogP contribution in [0.3, 0.4) is 0 Å². The Morgan fingerprint density at radius 3 is 2.62 bits per heavy atom. The van der Waals surface area contributed by atoms with Crippen LogP contribution in [0.4, 0.5) is 0 Å². The zero-order chi connectivity index (χ0) is 22.2. The normalized spacial score (nSPS) is 20.6. The second kappa shape index (κ2) is 6.48. The van der Waals surface area contributed by atoms with Crippen molar-refractivity contribution < 1.29 is 13.9 Å². The van der Waals surface area contributed by atoms with E-state index in [1.54, 1.807) is 0 Å². The Hall–Kier alpha value is -3.54. The zero-order valence-corrected chi connectivity index (χ0v) is 18.5. The van der Waals surface area contributed by atoms with Gasteiger partial charge in [-0.2, -0.15) is 5.10 Å². The Balaban J connectivity index is 1.69. The van der Waals surface area contributed by atoms with Gasteiger partial charge in [-0.15, -0.1) is 0 Å². The lowest BCUT2D eigenvalue weighted by molar-refractivity contribution is -0.0184. The summed E-state index contributed by atoms with van der Waals surface area (Å²) in [5, 5.41) is 5.79. The van der Waals surface area contributed by atoms with Crippen molar-refractivity contribution in [3.05, 3.63) is 81.3 Å². The van der Waals surface area contributed by atoms with E-state index in [0.717, 1.165) is 45.1 Å². The second-order valence-corrected chi connectivity index (χ2v) is 9.25. The fourth-order valence-corrected chi connectivity index (χ4v) is 5.27. The Bertz CT molecular complexity index is 1430. The number of fused-ring (bicyclic) bond motifs is 7. The average Bonchev–Trinajstić information content (AvgIpc) is 3.08. The van der Waals surface area contributed by atoms with E-state index in [1.807, 2.05) is 61.0 Å². The van der Waals surface area contributed by atoms with Gasteiger partial charge in [-0.1, -0.05) is 18.2 Å². The number of nitrogens with zero attached hydrogens (tertiary/aromatic N) is 2. The number of hydrogen-bond donors (Lipinski definition) is 0. The number of para-hydroxylation sites is 1. The minimum absolute atomic E-state index is 0.0334. The molecule has 0 amide bonds. The monoisotopic (exact) mass is 428 g/mol. The first-order valence-corrected chi connectivity index (χ1v) is 10.9. The van der Waals surface area contributed by atoms with Crippen LogP contribution in [0.5, 0.6) is 11.6 Å². The van der Waals surface area contributed by atoms with Crippen LogP contribution in [0, 0.1) is 19.8 Å². The number of aromatic nitrogens is 2. The summed E-state index contributed by atoms with van der Waals surface area (Å²) in [7, 11) is 0. The molecule has 0 unspecified atom stereocenters. The first kappa shape index (κ1) is 19.2. The molecule has 2 atom stereocenters. The summed E-state index contributed by atoms with van der Waals surface area (Å²) in [5.74, 6) is 1.46. The van der Waals surface area contributed by atoms with Crippen LogP contribution in [0.15, 0.2) is 57.7 Å². The van der Waals surface area contributed by atoms with Crippen LogP contribution in [-0.4, -0.2) is 22.0 Å².